The maximum absolute atomic E-state index is 5.90. The van der Waals surface area contributed by atoms with Crippen LogP contribution in [-0.2, 0) is 6.54 Å². The topological polar surface area (TPSA) is 65.1 Å². The van der Waals surface area contributed by atoms with E-state index in [-0.39, 0.29) is 0 Å². The van der Waals surface area contributed by atoms with E-state index in [1.807, 2.05) is 18.3 Å². The number of benzene rings is 2. The first-order valence-corrected chi connectivity index (χ1v) is 13.1. The summed E-state index contributed by atoms with van der Waals surface area (Å²) < 4.78 is 22.5. The minimum Gasteiger partial charge on any atom is -0.494 e. The number of pyridine rings is 1. The third-order valence-corrected chi connectivity index (χ3v) is 6.82. The van der Waals surface area contributed by atoms with Gasteiger partial charge in [-0.2, -0.15) is 0 Å². The van der Waals surface area contributed by atoms with Gasteiger partial charge in [0, 0.05) is 30.0 Å². The third-order valence-electron chi connectivity index (χ3n) is 6.82. The van der Waals surface area contributed by atoms with Gasteiger partial charge in [-0.1, -0.05) is 13.3 Å². The van der Waals surface area contributed by atoms with Crippen molar-refractivity contribution in [1.82, 2.24) is 10.3 Å². The van der Waals surface area contributed by atoms with Crippen LogP contribution in [0.15, 0.2) is 54.7 Å². The number of nitrogens with one attached hydrogen (secondary N) is 1. The normalized spacial score (nSPS) is 13.7. The van der Waals surface area contributed by atoms with Gasteiger partial charge in [-0.15, -0.1) is 0 Å². The standard InChI is InChI=1S/C30H39N3O4/c1-5-6-17-37-26-9-7-24(8-10-26)33(25-12-14-31-15-13-25)21-22-11-16-32-27(18-22)23-19-28(34-2)30(36-4)29(20-23)35-3/h7-11,16,18-20,25,31H,5-6,12-15,17,21H2,1-4H3. The molecular weight excluding hydrogens is 466 g/mol. The van der Waals surface area contributed by atoms with Gasteiger partial charge < -0.3 is 29.2 Å². The molecule has 0 spiro atoms. The van der Waals surface area contributed by atoms with Crippen molar-refractivity contribution in [3.05, 3.63) is 60.3 Å². The van der Waals surface area contributed by atoms with Gasteiger partial charge in [-0.3, -0.25) is 4.98 Å². The summed E-state index contributed by atoms with van der Waals surface area (Å²) >= 11 is 0. The first-order chi connectivity index (χ1) is 18.2. The number of hydrogen-bond donors (Lipinski definition) is 1. The van der Waals surface area contributed by atoms with Crippen molar-refractivity contribution >= 4 is 5.69 Å². The number of rotatable bonds is 12. The largest absolute Gasteiger partial charge is 0.494 e. The Morgan fingerprint density at radius 3 is 2.24 bits per heavy atom. The second kappa shape index (κ2) is 13.2. The number of aromatic nitrogens is 1. The second-order valence-corrected chi connectivity index (χ2v) is 9.27. The molecule has 4 rings (SSSR count). The molecule has 2 aromatic carbocycles. The van der Waals surface area contributed by atoms with Crippen LogP contribution in [-0.4, -0.2) is 52.1 Å². The minimum atomic E-state index is 0.464. The van der Waals surface area contributed by atoms with Crippen molar-refractivity contribution in [3.63, 3.8) is 0 Å². The molecule has 1 saturated heterocycles. The van der Waals surface area contributed by atoms with Crippen LogP contribution in [0.1, 0.15) is 38.2 Å². The number of hydrogen-bond acceptors (Lipinski definition) is 7. The van der Waals surface area contributed by atoms with Crippen molar-refractivity contribution in [2.24, 2.45) is 0 Å². The Morgan fingerprint density at radius 1 is 0.919 bits per heavy atom. The Balaban J connectivity index is 1.60. The fourth-order valence-electron chi connectivity index (χ4n) is 4.77. The zero-order valence-corrected chi connectivity index (χ0v) is 22.5. The number of unbranched alkanes of at least 4 members (excludes halogenated alkanes) is 1. The summed E-state index contributed by atoms with van der Waals surface area (Å²) in [6.45, 7) is 5.80. The predicted octanol–water partition coefficient (Wildman–Crippen LogP) is 5.71. The Morgan fingerprint density at radius 2 is 1.62 bits per heavy atom. The van der Waals surface area contributed by atoms with E-state index < -0.39 is 0 Å². The molecule has 3 aromatic rings. The van der Waals surface area contributed by atoms with E-state index in [4.69, 9.17) is 18.9 Å². The highest BCUT2D eigenvalue weighted by atomic mass is 16.5. The van der Waals surface area contributed by atoms with Gasteiger partial charge in [0.25, 0.3) is 0 Å². The number of ether oxygens (including phenoxy) is 4. The number of methoxy groups -OCH3 is 3. The van der Waals surface area contributed by atoms with E-state index in [0.29, 0.717) is 23.3 Å². The highest BCUT2D eigenvalue weighted by molar-refractivity contribution is 5.69. The summed E-state index contributed by atoms with van der Waals surface area (Å²) in [6, 6.07) is 17.1. The SMILES string of the molecule is CCCCOc1ccc(N(Cc2ccnc(-c3cc(OC)c(OC)c(OC)c3)c2)C2CCNCC2)cc1. The van der Waals surface area contributed by atoms with Gasteiger partial charge in [0.1, 0.15) is 5.75 Å². The van der Waals surface area contributed by atoms with Crippen molar-refractivity contribution in [2.75, 3.05) is 45.9 Å². The molecule has 37 heavy (non-hydrogen) atoms. The van der Waals surface area contributed by atoms with E-state index in [2.05, 4.69) is 58.5 Å². The Hall–Kier alpha value is -3.45. The van der Waals surface area contributed by atoms with Crippen LogP contribution in [0.2, 0.25) is 0 Å². The third kappa shape index (κ3) is 6.66. The highest BCUT2D eigenvalue weighted by Crippen LogP contribution is 2.41. The molecule has 0 bridgehead atoms. The molecule has 198 valence electrons. The van der Waals surface area contributed by atoms with E-state index in [0.717, 1.165) is 68.9 Å². The Bertz CT molecular complexity index is 1100. The maximum atomic E-state index is 5.90. The fourth-order valence-corrected chi connectivity index (χ4v) is 4.77. The smallest absolute Gasteiger partial charge is 0.203 e. The molecule has 0 amide bonds. The average molecular weight is 506 g/mol. The molecule has 0 radical (unpaired) electrons. The van der Waals surface area contributed by atoms with Gasteiger partial charge in [0.2, 0.25) is 5.75 Å². The molecule has 1 aliphatic heterocycles. The van der Waals surface area contributed by atoms with Crippen LogP contribution in [0.5, 0.6) is 23.0 Å². The molecule has 0 unspecified atom stereocenters. The average Bonchev–Trinajstić information content (AvgIpc) is 2.96. The van der Waals surface area contributed by atoms with Gasteiger partial charge >= 0.3 is 0 Å². The van der Waals surface area contributed by atoms with Crippen LogP contribution >= 0.6 is 0 Å². The van der Waals surface area contributed by atoms with Crippen LogP contribution < -0.4 is 29.2 Å². The van der Waals surface area contributed by atoms with Crippen molar-refractivity contribution in [2.45, 2.75) is 45.2 Å². The van der Waals surface area contributed by atoms with Gasteiger partial charge in [0.15, 0.2) is 11.5 Å². The summed E-state index contributed by atoms with van der Waals surface area (Å²) in [4.78, 5) is 7.18. The summed E-state index contributed by atoms with van der Waals surface area (Å²) in [5, 5.41) is 3.49. The molecule has 2 heterocycles. The Labute approximate surface area is 220 Å². The number of anilines is 1. The van der Waals surface area contributed by atoms with E-state index in [1.165, 1.54) is 11.3 Å². The first-order valence-electron chi connectivity index (χ1n) is 13.1. The molecular formula is C30H39N3O4. The van der Waals surface area contributed by atoms with Crippen molar-refractivity contribution in [1.29, 1.82) is 0 Å². The zero-order valence-electron chi connectivity index (χ0n) is 22.5. The van der Waals surface area contributed by atoms with Gasteiger partial charge in [-0.25, -0.2) is 0 Å². The Kier molecular flexibility index (Phi) is 9.49. The monoisotopic (exact) mass is 505 g/mol. The van der Waals surface area contributed by atoms with Crippen LogP contribution in [0.25, 0.3) is 11.3 Å². The van der Waals surface area contributed by atoms with Crippen LogP contribution in [0.3, 0.4) is 0 Å². The summed E-state index contributed by atoms with van der Waals surface area (Å²) in [5.41, 5.74) is 4.18. The van der Waals surface area contributed by atoms with Crippen molar-refractivity contribution in [3.8, 4) is 34.3 Å². The molecule has 1 aliphatic rings. The summed E-state index contributed by atoms with van der Waals surface area (Å²) in [6.07, 6.45) is 6.29. The fraction of sp³-hybridized carbons (Fsp3) is 0.433. The summed E-state index contributed by atoms with van der Waals surface area (Å²) in [5.74, 6) is 2.73. The molecule has 1 N–H and O–H groups in total. The maximum Gasteiger partial charge on any atom is 0.203 e. The zero-order chi connectivity index (χ0) is 26.0. The highest BCUT2D eigenvalue weighted by Gasteiger charge is 2.22. The molecule has 7 heteroatoms. The lowest BCUT2D eigenvalue weighted by molar-refractivity contribution is 0.309. The van der Waals surface area contributed by atoms with Crippen molar-refractivity contribution < 1.29 is 18.9 Å². The second-order valence-electron chi connectivity index (χ2n) is 9.27. The van der Waals surface area contributed by atoms with Crippen LogP contribution in [0, 0.1) is 0 Å². The van der Waals surface area contributed by atoms with E-state index in [1.54, 1.807) is 21.3 Å². The summed E-state index contributed by atoms with van der Waals surface area (Å²) in [7, 11) is 4.86. The predicted molar refractivity (Wildman–Crippen MR) is 148 cm³/mol. The number of piperidine rings is 1. The number of nitrogens with zero attached hydrogens (tertiary/aromatic N) is 2. The lowest BCUT2D eigenvalue weighted by atomic mass is 10.0. The quantitative estimate of drug-likeness (QED) is 0.316. The molecule has 1 fully saturated rings. The minimum absolute atomic E-state index is 0.464. The molecule has 0 aliphatic carbocycles. The molecule has 0 saturated carbocycles. The van der Waals surface area contributed by atoms with E-state index >= 15 is 0 Å². The lowest BCUT2D eigenvalue weighted by Crippen LogP contribution is -2.43. The first kappa shape index (κ1) is 26.6. The molecule has 1 aromatic heterocycles. The van der Waals surface area contributed by atoms with E-state index in [9.17, 15) is 0 Å². The van der Waals surface area contributed by atoms with Gasteiger partial charge in [0.05, 0.1) is 33.6 Å². The van der Waals surface area contributed by atoms with Gasteiger partial charge in [-0.05, 0) is 86.4 Å². The van der Waals surface area contributed by atoms with Crippen LogP contribution in [0.4, 0.5) is 5.69 Å². The molecule has 0 atom stereocenters. The lowest BCUT2D eigenvalue weighted by Gasteiger charge is -2.36. The molecule has 7 nitrogen and oxygen atoms in total.